The molecule has 1 aromatic carbocycles. The lowest BCUT2D eigenvalue weighted by Crippen LogP contribution is -2.09. The maximum absolute atomic E-state index is 12.6. The number of benzene rings is 1. The van der Waals surface area contributed by atoms with Gasteiger partial charge < -0.3 is 0 Å². The van der Waals surface area contributed by atoms with Crippen molar-refractivity contribution >= 4 is 21.7 Å². The van der Waals surface area contributed by atoms with E-state index in [1.165, 1.54) is 24.5 Å². The van der Waals surface area contributed by atoms with Gasteiger partial charge in [0.15, 0.2) is 5.78 Å². The van der Waals surface area contributed by atoms with Crippen LogP contribution >= 0.6 is 15.9 Å². The van der Waals surface area contributed by atoms with Crippen LogP contribution < -0.4 is 0 Å². The van der Waals surface area contributed by atoms with E-state index in [1.807, 2.05) is 0 Å². The van der Waals surface area contributed by atoms with Crippen LogP contribution in [-0.2, 0) is 6.18 Å². The molecule has 2 aromatic rings. The van der Waals surface area contributed by atoms with Gasteiger partial charge >= 0.3 is 6.18 Å². The second-order valence-electron chi connectivity index (χ2n) is 3.76. The Balaban J connectivity index is 2.48. The molecule has 0 N–H and O–H groups in total. The molecule has 0 aliphatic rings. The number of carbonyl (C=O) groups excluding carboxylic acids is 1. The number of hydrogen-bond donors (Lipinski definition) is 0. The molecule has 0 bridgehead atoms. The van der Waals surface area contributed by atoms with Crippen molar-refractivity contribution in [3.63, 3.8) is 0 Å². The van der Waals surface area contributed by atoms with Crippen LogP contribution in [0.1, 0.15) is 21.5 Å². The Morgan fingerprint density at radius 1 is 1.21 bits per heavy atom. The summed E-state index contributed by atoms with van der Waals surface area (Å²) in [5.74, 6) is -0.508. The number of alkyl halides is 3. The maximum Gasteiger partial charge on any atom is 0.416 e. The zero-order valence-electron chi connectivity index (χ0n) is 9.41. The summed E-state index contributed by atoms with van der Waals surface area (Å²) in [4.78, 5) is 15.9. The minimum absolute atomic E-state index is 0.0391. The first kappa shape index (κ1) is 13.7. The standard InChI is InChI=1S/C13H7BrF3NO/c14-11-4-3-9(13(15,16)17)6-10(11)12(19)8-2-1-5-18-7-8/h1-7H. The average molecular weight is 330 g/mol. The summed E-state index contributed by atoms with van der Waals surface area (Å²) in [7, 11) is 0. The predicted molar refractivity (Wildman–Crippen MR) is 66.8 cm³/mol. The van der Waals surface area contributed by atoms with Crippen LogP contribution in [0.15, 0.2) is 47.2 Å². The summed E-state index contributed by atoms with van der Waals surface area (Å²) in [6, 6.07) is 6.02. The Kier molecular flexibility index (Phi) is 3.71. The van der Waals surface area contributed by atoms with Crippen LogP contribution in [0.5, 0.6) is 0 Å². The zero-order chi connectivity index (χ0) is 14.0. The third-order valence-corrected chi connectivity index (χ3v) is 3.15. The molecule has 0 aliphatic carbocycles. The average Bonchev–Trinajstić information content (AvgIpc) is 2.38. The summed E-state index contributed by atoms with van der Waals surface area (Å²) in [5, 5.41) is 0. The molecule has 0 radical (unpaired) electrons. The topological polar surface area (TPSA) is 30.0 Å². The lowest BCUT2D eigenvalue weighted by molar-refractivity contribution is -0.137. The molecule has 0 saturated carbocycles. The van der Waals surface area contributed by atoms with Crippen molar-refractivity contribution in [2.45, 2.75) is 6.18 Å². The Bertz CT molecular complexity index is 611. The molecule has 0 spiro atoms. The van der Waals surface area contributed by atoms with Crippen molar-refractivity contribution < 1.29 is 18.0 Å². The highest BCUT2D eigenvalue weighted by molar-refractivity contribution is 9.10. The SMILES string of the molecule is O=C(c1cccnc1)c1cc(C(F)(F)F)ccc1Br. The molecule has 0 aliphatic heterocycles. The molecule has 0 fully saturated rings. The minimum Gasteiger partial charge on any atom is -0.289 e. The first-order valence-corrected chi connectivity index (χ1v) is 6.00. The van der Waals surface area contributed by atoms with Crippen LogP contribution in [-0.4, -0.2) is 10.8 Å². The highest BCUT2D eigenvalue weighted by atomic mass is 79.9. The van der Waals surface area contributed by atoms with Crippen molar-refractivity contribution in [2.24, 2.45) is 0 Å². The maximum atomic E-state index is 12.6. The summed E-state index contributed by atoms with van der Waals surface area (Å²) < 4.78 is 38.2. The highest BCUT2D eigenvalue weighted by Gasteiger charge is 2.31. The number of rotatable bonds is 2. The fourth-order valence-corrected chi connectivity index (χ4v) is 1.95. The summed E-state index contributed by atoms with van der Waals surface area (Å²) in [5.41, 5.74) is -0.659. The van der Waals surface area contributed by atoms with Gasteiger partial charge in [0.25, 0.3) is 0 Å². The van der Waals surface area contributed by atoms with Crippen molar-refractivity contribution in [3.8, 4) is 0 Å². The minimum atomic E-state index is -4.48. The molecule has 2 nitrogen and oxygen atoms in total. The molecule has 19 heavy (non-hydrogen) atoms. The number of carbonyl (C=O) groups is 1. The van der Waals surface area contributed by atoms with Gasteiger partial charge in [-0.05, 0) is 30.3 Å². The summed E-state index contributed by atoms with van der Waals surface area (Å²) >= 11 is 3.09. The first-order chi connectivity index (χ1) is 8.89. The normalized spacial score (nSPS) is 11.4. The number of ketones is 1. The summed E-state index contributed by atoms with van der Waals surface area (Å²) in [6.07, 6.45) is -1.68. The van der Waals surface area contributed by atoms with E-state index in [0.717, 1.165) is 12.1 Å². The molecule has 6 heteroatoms. The fraction of sp³-hybridized carbons (Fsp3) is 0.0769. The van der Waals surface area contributed by atoms with E-state index in [2.05, 4.69) is 20.9 Å². The van der Waals surface area contributed by atoms with Crippen molar-refractivity contribution in [2.75, 3.05) is 0 Å². The lowest BCUT2D eigenvalue weighted by Gasteiger charge is -2.10. The van der Waals surface area contributed by atoms with E-state index in [1.54, 1.807) is 6.07 Å². The molecule has 0 unspecified atom stereocenters. The quantitative estimate of drug-likeness (QED) is 0.776. The number of aromatic nitrogens is 1. The van der Waals surface area contributed by atoms with Gasteiger partial charge in [0, 0.05) is 28.0 Å². The van der Waals surface area contributed by atoms with Gasteiger partial charge in [0.2, 0.25) is 0 Å². The molecular formula is C13H7BrF3NO. The molecule has 1 aromatic heterocycles. The predicted octanol–water partition coefficient (Wildman–Crippen LogP) is 4.09. The van der Waals surface area contributed by atoms with Gasteiger partial charge in [0.1, 0.15) is 0 Å². The van der Waals surface area contributed by atoms with Crippen LogP contribution in [0.3, 0.4) is 0 Å². The largest absolute Gasteiger partial charge is 0.416 e. The smallest absolute Gasteiger partial charge is 0.289 e. The monoisotopic (exact) mass is 329 g/mol. The molecule has 0 atom stereocenters. The van der Waals surface area contributed by atoms with Crippen LogP contribution in [0.25, 0.3) is 0 Å². The third-order valence-electron chi connectivity index (χ3n) is 2.46. The number of halogens is 4. The van der Waals surface area contributed by atoms with Gasteiger partial charge in [-0.1, -0.05) is 15.9 Å². The number of pyridine rings is 1. The van der Waals surface area contributed by atoms with Crippen molar-refractivity contribution in [3.05, 3.63) is 63.9 Å². The Labute approximate surface area is 115 Å². The summed E-state index contributed by atoms with van der Waals surface area (Å²) in [6.45, 7) is 0. The van der Waals surface area contributed by atoms with E-state index in [-0.39, 0.29) is 11.1 Å². The zero-order valence-corrected chi connectivity index (χ0v) is 11.0. The van der Waals surface area contributed by atoms with Gasteiger partial charge in [0.05, 0.1) is 5.56 Å². The fourth-order valence-electron chi connectivity index (χ4n) is 1.53. The lowest BCUT2D eigenvalue weighted by atomic mass is 10.0. The van der Waals surface area contributed by atoms with E-state index >= 15 is 0 Å². The number of nitrogens with zero attached hydrogens (tertiary/aromatic N) is 1. The van der Waals surface area contributed by atoms with E-state index in [4.69, 9.17) is 0 Å². The van der Waals surface area contributed by atoms with Gasteiger partial charge in [-0.15, -0.1) is 0 Å². The van der Waals surface area contributed by atoms with Crippen LogP contribution in [0.2, 0.25) is 0 Å². The van der Waals surface area contributed by atoms with E-state index in [0.29, 0.717) is 4.47 Å². The molecule has 98 valence electrons. The third kappa shape index (κ3) is 3.01. The first-order valence-electron chi connectivity index (χ1n) is 5.21. The highest BCUT2D eigenvalue weighted by Crippen LogP contribution is 2.32. The van der Waals surface area contributed by atoms with Gasteiger partial charge in [-0.2, -0.15) is 13.2 Å². The second-order valence-corrected chi connectivity index (χ2v) is 4.62. The van der Waals surface area contributed by atoms with E-state index < -0.39 is 17.5 Å². The van der Waals surface area contributed by atoms with Gasteiger partial charge in [-0.3, -0.25) is 9.78 Å². The number of hydrogen-bond acceptors (Lipinski definition) is 2. The van der Waals surface area contributed by atoms with Crippen LogP contribution in [0, 0.1) is 0 Å². The Morgan fingerprint density at radius 2 is 1.95 bits per heavy atom. The molecule has 0 saturated heterocycles. The molecule has 2 rings (SSSR count). The second kappa shape index (κ2) is 5.13. The van der Waals surface area contributed by atoms with Crippen LogP contribution in [0.4, 0.5) is 13.2 Å². The van der Waals surface area contributed by atoms with Gasteiger partial charge in [-0.25, -0.2) is 0 Å². The Hall–Kier alpha value is -1.69. The van der Waals surface area contributed by atoms with Crippen molar-refractivity contribution in [1.29, 1.82) is 0 Å². The van der Waals surface area contributed by atoms with Crippen molar-refractivity contribution in [1.82, 2.24) is 4.98 Å². The molecule has 1 heterocycles. The Morgan fingerprint density at radius 3 is 2.53 bits per heavy atom. The molecule has 0 amide bonds. The van der Waals surface area contributed by atoms with E-state index in [9.17, 15) is 18.0 Å². The molecular weight excluding hydrogens is 323 g/mol.